The van der Waals surface area contributed by atoms with E-state index in [4.69, 9.17) is 15.9 Å². The molecule has 0 saturated heterocycles. The Morgan fingerprint density at radius 1 is 1.13 bits per heavy atom. The summed E-state index contributed by atoms with van der Waals surface area (Å²) in [5.41, 5.74) is 6.88. The first-order valence-corrected chi connectivity index (χ1v) is 4.73. The summed E-state index contributed by atoms with van der Waals surface area (Å²) in [7, 11) is 0. The van der Waals surface area contributed by atoms with Gasteiger partial charge >= 0.3 is 0 Å². The molecule has 3 nitrogen and oxygen atoms in total. The van der Waals surface area contributed by atoms with Crippen LogP contribution in [0.1, 0.15) is 6.42 Å². The molecular formula is C12H12N2O. The van der Waals surface area contributed by atoms with E-state index in [1.54, 1.807) is 24.3 Å². The van der Waals surface area contributed by atoms with Crippen LogP contribution in [0.4, 0.5) is 5.69 Å². The van der Waals surface area contributed by atoms with E-state index in [2.05, 4.69) is 0 Å². The minimum absolute atomic E-state index is 0.597. The second-order valence-corrected chi connectivity index (χ2v) is 3.34. The Morgan fingerprint density at radius 3 is 2.47 bits per heavy atom. The lowest BCUT2D eigenvalue weighted by Crippen LogP contribution is -2.00. The minimum atomic E-state index is 0.597. The molecule has 0 aromatic heterocycles. The molecule has 0 unspecified atom stereocenters. The van der Waals surface area contributed by atoms with E-state index in [0.717, 1.165) is 17.2 Å². The molecule has 0 atom stereocenters. The van der Waals surface area contributed by atoms with E-state index in [1.807, 2.05) is 18.2 Å². The minimum Gasteiger partial charge on any atom is -0.458 e. The third-order valence-electron chi connectivity index (χ3n) is 2.09. The fraction of sp³-hybridized carbons (Fsp3) is 0.0833. The van der Waals surface area contributed by atoms with E-state index >= 15 is 0 Å². The van der Waals surface area contributed by atoms with Crippen LogP contribution < -0.4 is 10.5 Å². The maximum absolute atomic E-state index is 7.38. The van der Waals surface area contributed by atoms with E-state index in [0.29, 0.717) is 12.1 Å². The lowest BCUT2D eigenvalue weighted by Gasteiger charge is -2.09. The van der Waals surface area contributed by atoms with Crippen LogP contribution in [0.5, 0.6) is 5.75 Å². The van der Waals surface area contributed by atoms with E-state index < -0.39 is 0 Å². The van der Waals surface area contributed by atoms with Crippen LogP contribution in [0, 0.1) is 5.41 Å². The van der Waals surface area contributed by atoms with Gasteiger partial charge in [-0.1, -0.05) is 0 Å². The second-order valence-electron chi connectivity index (χ2n) is 3.34. The van der Waals surface area contributed by atoms with Crippen molar-refractivity contribution in [3.63, 3.8) is 0 Å². The highest BCUT2D eigenvalue weighted by molar-refractivity contribution is 5.94. The number of rotatable bonds is 2. The van der Waals surface area contributed by atoms with Crippen molar-refractivity contribution in [2.24, 2.45) is 0 Å². The number of nitrogens with one attached hydrogen (secondary N) is 1. The number of allylic oxidation sites excluding steroid dienone is 3. The van der Waals surface area contributed by atoms with Crippen LogP contribution in [-0.2, 0) is 0 Å². The summed E-state index contributed by atoms with van der Waals surface area (Å²) in [6.07, 6.45) is 6.05. The first-order chi connectivity index (χ1) is 7.24. The molecule has 0 amide bonds. The van der Waals surface area contributed by atoms with Crippen molar-refractivity contribution in [1.29, 1.82) is 5.41 Å². The van der Waals surface area contributed by atoms with Gasteiger partial charge in [-0.2, -0.15) is 0 Å². The summed E-state index contributed by atoms with van der Waals surface area (Å²) in [5, 5.41) is 7.38. The van der Waals surface area contributed by atoms with Crippen molar-refractivity contribution in [3.8, 4) is 5.75 Å². The van der Waals surface area contributed by atoms with Crippen LogP contribution in [-0.4, -0.2) is 5.71 Å². The number of nitrogen functional groups attached to an aromatic ring is 1. The molecule has 1 aliphatic carbocycles. The molecule has 1 aliphatic rings. The van der Waals surface area contributed by atoms with E-state index in [-0.39, 0.29) is 0 Å². The number of nitrogens with two attached hydrogens (primary N) is 1. The number of ether oxygens (including phenoxy) is 1. The monoisotopic (exact) mass is 200 g/mol. The quantitative estimate of drug-likeness (QED) is 0.720. The Labute approximate surface area is 88.4 Å². The summed E-state index contributed by atoms with van der Waals surface area (Å²) in [6, 6.07) is 7.24. The largest absolute Gasteiger partial charge is 0.458 e. The SMILES string of the molecule is N=C1C=CC(Oc2ccc(N)cc2)=CC1. The average molecular weight is 200 g/mol. The Morgan fingerprint density at radius 2 is 1.87 bits per heavy atom. The average Bonchev–Trinajstić information content (AvgIpc) is 2.25. The molecule has 3 heteroatoms. The Balaban J connectivity index is 2.07. The molecule has 0 saturated carbocycles. The highest BCUT2D eigenvalue weighted by Gasteiger charge is 2.02. The molecular weight excluding hydrogens is 188 g/mol. The zero-order chi connectivity index (χ0) is 10.7. The van der Waals surface area contributed by atoms with Crippen LogP contribution in [0.3, 0.4) is 0 Å². The van der Waals surface area contributed by atoms with Crippen molar-refractivity contribution < 1.29 is 4.74 Å². The Bertz CT molecular complexity index is 429. The smallest absolute Gasteiger partial charge is 0.127 e. The fourth-order valence-electron chi connectivity index (χ4n) is 1.28. The van der Waals surface area contributed by atoms with Crippen LogP contribution in [0.15, 0.2) is 48.3 Å². The molecule has 76 valence electrons. The molecule has 0 fully saturated rings. The Hall–Kier alpha value is -2.03. The first-order valence-electron chi connectivity index (χ1n) is 4.73. The maximum Gasteiger partial charge on any atom is 0.127 e. The van der Waals surface area contributed by atoms with Gasteiger partial charge in [0.15, 0.2) is 0 Å². The van der Waals surface area contributed by atoms with E-state index in [1.165, 1.54) is 0 Å². The molecule has 0 heterocycles. The number of anilines is 1. The molecule has 1 aromatic carbocycles. The molecule has 0 spiro atoms. The molecule has 3 N–H and O–H groups in total. The summed E-state index contributed by atoms with van der Waals surface area (Å²) >= 11 is 0. The summed E-state index contributed by atoms with van der Waals surface area (Å²) in [5.74, 6) is 1.53. The fourth-order valence-corrected chi connectivity index (χ4v) is 1.28. The van der Waals surface area contributed by atoms with Gasteiger partial charge in [0.25, 0.3) is 0 Å². The van der Waals surface area contributed by atoms with Gasteiger partial charge in [-0.25, -0.2) is 0 Å². The van der Waals surface area contributed by atoms with Crippen LogP contribution in [0.25, 0.3) is 0 Å². The van der Waals surface area contributed by atoms with Crippen LogP contribution >= 0.6 is 0 Å². The predicted octanol–water partition coefficient (Wildman–Crippen LogP) is 2.51. The van der Waals surface area contributed by atoms with Crippen molar-refractivity contribution in [1.82, 2.24) is 0 Å². The van der Waals surface area contributed by atoms with Gasteiger partial charge in [0.2, 0.25) is 0 Å². The van der Waals surface area contributed by atoms with Crippen LogP contribution in [0.2, 0.25) is 0 Å². The van der Waals surface area contributed by atoms with Gasteiger partial charge in [0, 0.05) is 17.8 Å². The Kier molecular flexibility index (Phi) is 2.54. The van der Waals surface area contributed by atoms with Gasteiger partial charge in [-0.15, -0.1) is 0 Å². The van der Waals surface area contributed by atoms with Crippen molar-refractivity contribution in [2.45, 2.75) is 6.42 Å². The zero-order valence-electron chi connectivity index (χ0n) is 8.23. The third-order valence-corrected chi connectivity index (χ3v) is 2.09. The number of hydrogen-bond acceptors (Lipinski definition) is 3. The lowest BCUT2D eigenvalue weighted by atomic mass is 10.1. The number of hydrogen-bond donors (Lipinski definition) is 2. The molecule has 15 heavy (non-hydrogen) atoms. The highest BCUT2D eigenvalue weighted by atomic mass is 16.5. The summed E-state index contributed by atoms with van der Waals surface area (Å²) < 4.78 is 5.58. The molecule has 0 aliphatic heterocycles. The molecule has 0 bridgehead atoms. The highest BCUT2D eigenvalue weighted by Crippen LogP contribution is 2.18. The summed E-state index contributed by atoms with van der Waals surface area (Å²) in [4.78, 5) is 0. The first kappa shape index (κ1) is 9.52. The zero-order valence-corrected chi connectivity index (χ0v) is 8.23. The van der Waals surface area contributed by atoms with E-state index in [9.17, 15) is 0 Å². The third kappa shape index (κ3) is 2.47. The lowest BCUT2D eigenvalue weighted by molar-refractivity contribution is 0.442. The number of benzene rings is 1. The van der Waals surface area contributed by atoms with Gasteiger partial charge in [-0.05, 0) is 42.5 Å². The maximum atomic E-state index is 7.38. The second kappa shape index (κ2) is 4.00. The van der Waals surface area contributed by atoms with Gasteiger partial charge < -0.3 is 15.9 Å². The van der Waals surface area contributed by atoms with Crippen molar-refractivity contribution >= 4 is 11.4 Å². The normalized spacial score (nSPS) is 14.9. The van der Waals surface area contributed by atoms with Gasteiger partial charge in [0.05, 0.1) is 0 Å². The van der Waals surface area contributed by atoms with Crippen molar-refractivity contribution in [2.75, 3.05) is 5.73 Å². The molecule has 1 aromatic rings. The van der Waals surface area contributed by atoms with Gasteiger partial charge in [0.1, 0.15) is 11.5 Å². The predicted molar refractivity (Wildman–Crippen MR) is 61.0 cm³/mol. The molecule has 2 rings (SSSR count). The van der Waals surface area contributed by atoms with Gasteiger partial charge in [-0.3, -0.25) is 0 Å². The standard InChI is InChI=1S/C12H12N2O/c13-9-1-5-11(6-2-9)15-12-7-3-10(14)4-8-12/h1-3,5-8,14H,4,13H2. The van der Waals surface area contributed by atoms with Crippen molar-refractivity contribution in [3.05, 3.63) is 48.3 Å². The topological polar surface area (TPSA) is 59.1 Å². The summed E-state index contributed by atoms with van der Waals surface area (Å²) in [6.45, 7) is 0. The molecule has 0 radical (unpaired) electrons.